The molecule has 2 N–H and O–H groups in total. The summed E-state index contributed by atoms with van der Waals surface area (Å²) >= 11 is 0. The fourth-order valence-electron chi connectivity index (χ4n) is 1.56. The molecule has 0 radical (unpaired) electrons. The minimum Gasteiger partial charge on any atom is -0.479 e. The van der Waals surface area contributed by atoms with Gasteiger partial charge in [0.2, 0.25) is 5.91 Å². The van der Waals surface area contributed by atoms with E-state index in [4.69, 9.17) is 9.84 Å². The summed E-state index contributed by atoms with van der Waals surface area (Å²) in [6, 6.07) is 0. The number of hydrogen-bond acceptors (Lipinski definition) is 4. The first kappa shape index (κ1) is 14.1. The quantitative estimate of drug-likeness (QED) is 0.674. The number of carbonyl (C=O) groups is 2. The van der Waals surface area contributed by atoms with E-state index in [-0.39, 0.29) is 5.91 Å². The summed E-state index contributed by atoms with van der Waals surface area (Å²) in [4.78, 5) is 22.2. The zero-order valence-electron chi connectivity index (χ0n) is 9.68. The van der Waals surface area contributed by atoms with Gasteiger partial charge in [0.25, 0.3) is 0 Å². The van der Waals surface area contributed by atoms with Crippen LogP contribution in [0.3, 0.4) is 0 Å². The molecule has 1 amide bonds. The Morgan fingerprint density at radius 2 is 2.06 bits per heavy atom. The Balaban J connectivity index is 2.25. The lowest BCUT2D eigenvalue weighted by molar-refractivity contribution is -0.151. The highest BCUT2D eigenvalue weighted by molar-refractivity contribution is 7.84. The number of carboxylic acid groups (broad SMARTS) is 1. The number of rotatable bonds is 6. The normalized spacial score (nSPS) is 25.5. The summed E-state index contributed by atoms with van der Waals surface area (Å²) in [6.45, 7) is 2.15. The van der Waals surface area contributed by atoms with Crippen LogP contribution >= 0.6 is 0 Å². The summed E-state index contributed by atoms with van der Waals surface area (Å²) in [5.74, 6) is -0.372. The van der Waals surface area contributed by atoms with Crippen LogP contribution in [0.1, 0.15) is 19.8 Å². The lowest BCUT2D eigenvalue weighted by Crippen LogP contribution is -2.37. The van der Waals surface area contributed by atoms with Crippen molar-refractivity contribution in [3.63, 3.8) is 0 Å². The molecule has 0 spiro atoms. The molecule has 1 aliphatic heterocycles. The first-order chi connectivity index (χ1) is 8.04. The molecule has 98 valence electrons. The molecule has 1 aliphatic rings. The highest BCUT2D eigenvalue weighted by Gasteiger charge is 2.34. The molecule has 0 bridgehead atoms. The van der Waals surface area contributed by atoms with E-state index in [0.29, 0.717) is 30.9 Å². The molecule has 0 aromatic rings. The van der Waals surface area contributed by atoms with Gasteiger partial charge in [0.15, 0.2) is 6.10 Å². The van der Waals surface area contributed by atoms with Crippen LogP contribution in [0.2, 0.25) is 0 Å². The summed E-state index contributed by atoms with van der Waals surface area (Å²) in [7, 11) is -0.909. The van der Waals surface area contributed by atoms with Gasteiger partial charge in [-0.1, -0.05) is 6.92 Å². The van der Waals surface area contributed by atoms with E-state index >= 15 is 0 Å². The molecule has 1 fully saturated rings. The van der Waals surface area contributed by atoms with Crippen LogP contribution in [0, 0.1) is 0 Å². The molecule has 3 unspecified atom stereocenters. The maximum absolute atomic E-state index is 11.6. The van der Waals surface area contributed by atoms with Gasteiger partial charge in [-0.05, 0) is 12.8 Å². The van der Waals surface area contributed by atoms with Crippen molar-refractivity contribution in [3.8, 4) is 0 Å². The van der Waals surface area contributed by atoms with Crippen LogP contribution < -0.4 is 5.32 Å². The number of aliphatic carboxylic acids is 1. The van der Waals surface area contributed by atoms with Crippen LogP contribution in [0.4, 0.5) is 0 Å². The molecule has 0 aromatic carbocycles. The highest BCUT2D eigenvalue weighted by Crippen LogP contribution is 2.19. The smallest absolute Gasteiger partial charge is 0.332 e. The zero-order chi connectivity index (χ0) is 12.8. The number of nitrogens with one attached hydrogen (secondary N) is 1. The molecule has 1 saturated heterocycles. The first-order valence-corrected chi connectivity index (χ1v) is 7.04. The SMILES string of the molecule is CCS(=O)CCNC(=O)C1CCC(C(=O)O)O1. The third-order valence-electron chi connectivity index (χ3n) is 2.54. The topological polar surface area (TPSA) is 92.7 Å². The second-order valence-corrected chi connectivity index (χ2v) is 5.62. The molecule has 1 heterocycles. The van der Waals surface area contributed by atoms with Crippen molar-refractivity contribution in [1.82, 2.24) is 5.32 Å². The van der Waals surface area contributed by atoms with Gasteiger partial charge in [-0.3, -0.25) is 9.00 Å². The van der Waals surface area contributed by atoms with Crippen molar-refractivity contribution in [2.75, 3.05) is 18.1 Å². The van der Waals surface area contributed by atoms with E-state index in [2.05, 4.69) is 5.32 Å². The summed E-state index contributed by atoms with van der Waals surface area (Å²) in [5, 5.41) is 11.3. The number of amides is 1. The van der Waals surface area contributed by atoms with Crippen LogP contribution in [0.25, 0.3) is 0 Å². The Labute approximate surface area is 102 Å². The van der Waals surface area contributed by atoms with Gasteiger partial charge in [0, 0.05) is 28.9 Å². The van der Waals surface area contributed by atoms with E-state index in [1.807, 2.05) is 6.92 Å². The summed E-state index contributed by atoms with van der Waals surface area (Å²) in [6.07, 6.45) is -0.796. The lowest BCUT2D eigenvalue weighted by atomic mass is 10.2. The largest absolute Gasteiger partial charge is 0.479 e. The standard InChI is InChI=1S/C10H17NO5S/c1-2-17(15)6-5-11-9(12)7-3-4-8(16-7)10(13)14/h7-8H,2-6H2,1H3,(H,11,12)(H,13,14). The Kier molecular flexibility index (Phi) is 5.57. The summed E-state index contributed by atoms with van der Waals surface area (Å²) < 4.78 is 16.2. The van der Waals surface area contributed by atoms with Crippen LogP contribution in [-0.2, 0) is 25.1 Å². The Morgan fingerprint density at radius 1 is 1.41 bits per heavy atom. The van der Waals surface area contributed by atoms with Gasteiger partial charge in [-0.15, -0.1) is 0 Å². The molecule has 17 heavy (non-hydrogen) atoms. The van der Waals surface area contributed by atoms with Gasteiger partial charge in [-0.25, -0.2) is 4.79 Å². The molecule has 0 saturated carbocycles. The van der Waals surface area contributed by atoms with Gasteiger partial charge < -0.3 is 15.2 Å². The summed E-state index contributed by atoms with van der Waals surface area (Å²) in [5.41, 5.74) is 0. The van der Waals surface area contributed by atoms with E-state index in [1.165, 1.54) is 0 Å². The van der Waals surface area contributed by atoms with Crippen LogP contribution in [-0.4, -0.2) is 51.5 Å². The highest BCUT2D eigenvalue weighted by atomic mass is 32.2. The average Bonchev–Trinajstić information content (AvgIpc) is 2.78. The average molecular weight is 263 g/mol. The minimum atomic E-state index is -1.03. The van der Waals surface area contributed by atoms with Gasteiger partial charge in [0.1, 0.15) is 6.10 Å². The minimum absolute atomic E-state index is 0.318. The Bertz CT molecular complexity index is 320. The van der Waals surface area contributed by atoms with Gasteiger partial charge >= 0.3 is 5.97 Å². The number of carboxylic acids is 1. The fraction of sp³-hybridized carbons (Fsp3) is 0.800. The monoisotopic (exact) mass is 263 g/mol. The number of ether oxygens (including phenoxy) is 1. The predicted molar refractivity (Wildman–Crippen MR) is 62.1 cm³/mol. The molecule has 0 aliphatic carbocycles. The molecule has 3 atom stereocenters. The molecule has 6 nitrogen and oxygen atoms in total. The van der Waals surface area contributed by atoms with Crippen molar-refractivity contribution in [2.45, 2.75) is 32.0 Å². The zero-order valence-corrected chi connectivity index (χ0v) is 10.5. The third kappa shape index (κ3) is 4.43. The molecule has 0 aromatic heterocycles. The van der Waals surface area contributed by atoms with Crippen LogP contribution in [0.15, 0.2) is 0 Å². The Hall–Kier alpha value is -0.950. The molecule has 7 heteroatoms. The number of hydrogen-bond donors (Lipinski definition) is 2. The van der Waals surface area contributed by atoms with Crippen molar-refractivity contribution >= 4 is 22.7 Å². The third-order valence-corrected chi connectivity index (χ3v) is 3.84. The van der Waals surface area contributed by atoms with E-state index in [9.17, 15) is 13.8 Å². The lowest BCUT2D eigenvalue weighted by Gasteiger charge is -2.11. The molecule has 1 rings (SSSR count). The first-order valence-electron chi connectivity index (χ1n) is 5.55. The van der Waals surface area contributed by atoms with Crippen molar-refractivity contribution in [1.29, 1.82) is 0 Å². The fourth-order valence-corrected chi connectivity index (χ4v) is 2.18. The van der Waals surface area contributed by atoms with Crippen molar-refractivity contribution < 1.29 is 23.6 Å². The van der Waals surface area contributed by atoms with Gasteiger partial charge in [-0.2, -0.15) is 0 Å². The van der Waals surface area contributed by atoms with Gasteiger partial charge in [0.05, 0.1) is 0 Å². The maximum Gasteiger partial charge on any atom is 0.332 e. The second-order valence-electron chi connectivity index (χ2n) is 3.75. The molecular formula is C10H17NO5S. The Morgan fingerprint density at radius 3 is 2.59 bits per heavy atom. The van der Waals surface area contributed by atoms with E-state index in [1.54, 1.807) is 0 Å². The van der Waals surface area contributed by atoms with E-state index in [0.717, 1.165) is 0 Å². The predicted octanol–water partition coefficient (Wildman–Crippen LogP) is -0.497. The second kappa shape index (κ2) is 6.70. The van der Waals surface area contributed by atoms with E-state index < -0.39 is 29.0 Å². The number of carbonyl (C=O) groups excluding carboxylic acids is 1. The molecular weight excluding hydrogens is 246 g/mol. The van der Waals surface area contributed by atoms with Crippen LogP contribution in [0.5, 0.6) is 0 Å². The van der Waals surface area contributed by atoms with Crippen molar-refractivity contribution in [2.24, 2.45) is 0 Å². The maximum atomic E-state index is 11.6. The van der Waals surface area contributed by atoms with Crippen molar-refractivity contribution in [3.05, 3.63) is 0 Å².